The Kier molecular flexibility index (Phi) is 43.1. The normalized spacial score (nSPS) is 7.61. The number of hydrogen-bond acceptors (Lipinski definition) is 9. The molecule has 0 fully saturated rings. The number of hydrogen-bond donors (Lipinski definition) is 0. The quantitative estimate of drug-likeness (QED) is 0.378. The van der Waals surface area contributed by atoms with Crippen LogP contribution in [0, 0.1) is 5.92 Å². The van der Waals surface area contributed by atoms with Crippen LogP contribution in [0.5, 0.6) is 0 Å². The molecule has 0 saturated carbocycles. The zero-order valence-electron chi connectivity index (χ0n) is 18.0. The van der Waals surface area contributed by atoms with E-state index in [1.165, 1.54) is 13.8 Å². The minimum atomic E-state index is -1.08. The molecule has 28 heavy (non-hydrogen) atoms. The van der Waals surface area contributed by atoms with Crippen molar-refractivity contribution in [3.63, 3.8) is 0 Å². The minimum absolute atomic E-state index is 0. The van der Waals surface area contributed by atoms with Crippen LogP contribution in [-0.2, 0) is 28.8 Å². The second-order valence-corrected chi connectivity index (χ2v) is 5.18. The van der Waals surface area contributed by atoms with Crippen molar-refractivity contribution in [3.8, 4) is 0 Å². The Morgan fingerprint density at radius 2 is 0.786 bits per heavy atom. The van der Waals surface area contributed by atoms with Crippen LogP contribution < -0.4 is 15.3 Å². The fraction of sp³-hybridized carbons (Fsp3) is 0.667. The van der Waals surface area contributed by atoms with Gasteiger partial charge in [-0.3, -0.25) is 14.4 Å². The summed E-state index contributed by atoms with van der Waals surface area (Å²) in [6, 6.07) is 0. The van der Waals surface area contributed by atoms with Gasteiger partial charge in [-0.1, -0.05) is 13.8 Å². The first-order valence-corrected chi connectivity index (χ1v) is 8.06. The van der Waals surface area contributed by atoms with Gasteiger partial charge in [-0.2, -0.15) is 0 Å². The average molecular weight is 418 g/mol. The second-order valence-electron chi connectivity index (χ2n) is 5.18. The van der Waals surface area contributed by atoms with Crippen LogP contribution in [0.25, 0.3) is 0 Å². The van der Waals surface area contributed by atoms with Crippen molar-refractivity contribution in [2.75, 3.05) is 0 Å². The number of aliphatic carboxylic acids is 3. The number of rotatable bonds is 5. The van der Waals surface area contributed by atoms with E-state index in [1.807, 2.05) is 0 Å². The minimum Gasteiger partial charge on any atom is -0.550 e. The molecule has 0 radical (unpaired) electrons. The molecule has 0 saturated heterocycles. The molecular weight excluding hydrogens is 387 g/mol. The van der Waals surface area contributed by atoms with Crippen molar-refractivity contribution in [3.05, 3.63) is 0 Å². The van der Waals surface area contributed by atoms with Crippen molar-refractivity contribution < 1.29 is 44.1 Å². The van der Waals surface area contributed by atoms with Crippen molar-refractivity contribution in [2.24, 2.45) is 5.92 Å². The number of carbonyl (C=O) groups excluding carboxylic acids is 6. The summed E-state index contributed by atoms with van der Waals surface area (Å²) in [5, 5.41) is 26.7. The summed E-state index contributed by atoms with van der Waals surface area (Å²) < 4.78 is 0. The number of carbonyl (C=O) groups is 6. The molecule has 0 aliphatic carbocycles. The van der Waals surface area contributed by atoms with Gasteiger partial charge in [-0.05, 0) is 54.4 Å². The van der Waals surface area contributed by atoms with E-state index in [4.69, 9.17) is 29.7 Å². The smallest absolute Gasteiger partial charge is 0.550 e. The van der Waals surface area contributed by atoms with Crippen LogP contribution in [0.4, 0.5) is 0 Å². The summed E-state index contributed by atoms with van der Waals surface area (Å²) >= 11 is 0. The van der Waals surface area contributed by atoms with E-state index in [0.717, 1.165) is 33.6 Å². The van der Waals surface area contributed by atoms with E-state index >= 15 is 0 Å². The molecule has 9 nitrogen and oxygen atoms in total. The van der Waals surface area contributed by atoms with E-state index in [2.05, 4.69) is 13.8 Å². The number of ketones is 3. The van der Waals surface area contributed by atoms with Gasteiger partial charge in [-0.15, -0.1) is 0 Å². The molecule has 0 N–H and O–H groups in total. The second kappa shape index (κ2) is 29.7. The third-order valence-corrected chi connectivity index (χ3v) is 2.06. The van der Waals surface area contributed by atoms with E-state index in [0.29, 0.717) is 11.7 Å². The zero-order valence-corrected chi connectivity index (χ0v) is 19.1. The average Bonchev–Trinajstić information content (AvgIpc) is 2.36. The Hall–Kier alpha value is -2.05. The van der Waals surface area contributed by atoms with Crippen LogP contribution in [0.2, 0.25) is 0 Å². The van der Waals surface area contributed by atoms with Gasteiger partial charge in [0.1, 0.15) is 17.3 Å². The molecule has 0 bridgehead atoms. The molecule has 10 heteroatoms. The standard InChI is InChI=1S/C7H14O.C5H8O2.3C2H4O2.Al/c1-4-7(5-2)6(3)8;1-4(6)3-5(2)7;3*1-2(3)4;/h7H,4-5H2,1-3H3;3H2,1-2H3;3*1H3,(H,3,4);/q;;;;;+3/p-3. The predicted octanol–water partition coefficient (Wildman–Crippen LogP) is -1.55. The summed E-state index contributed by atoms with van der Waals surface area (Å²) in [5.41, 5.74) is 0. The first-order chi connectivity index (χ1) is 12.0. The van der Waals surface area contributed by atoms with Gasteiger partial charge < -0.3 is 29.7 Å². The Bertz CT molecular complexity index is 403. The number of Topliss-reactive ketones (excluding diaryl/α,β-unsaturated/α-hetero) is 3. The Morgan fingerprint density at radius 3 is 0.786 bits per heavy atom. The fourth-order valence-corrected chi connectivity index (χ4v) is 1.21. The van der Waals surface area contributed by atoms with Crippen LogP contribution in [0.1, 0.15) is 74.7 Å². The van der Waals surface area contributed by atoms with Crippen molar-refractivity contribution in [2.45, 2.75) is 74.7 Å². The monoisotopic (exact) mass is 418 g/mol. The maximum Gasteiger partial charge on any atom is 3.00 e. The fourth-order valence-electron chi connectivity index (χ4n) is 1.21. The zero-order chi connectivity index (χ0) is 23.2. The molecule has 0 atom stereocenters. The number of carboxylic acids is 3. The molecule has 0 unspecified atom stereocenters. The summed E-state index contributed by atoms with van der Waals surface area (Å²) in [7, 11) is 0. The largest absolute Gasteiger partial charge is 3.00 e. The van der Waals surface area contributed by atoms with Crippen LogP contribution >= 0.6 is 0 Å². The van der Waals surface area contributed by atoms with Gasteiger partial charge in [0.2, 0.25) is 0 Å². The topological polar surface area (TPSA) is 172 Å². The van der Waals surface area contributed by atoms with E-state index < -0.39 is 17.9 Å². The molecule has 0 heterocycles. The molecule has 0 aromatic heterocycles. The van der Waals surface area contributed by atoms with Crippen LogP contribution in [-0.4, -0.2) is 52.6 Å². The molecular formula is C18H31AlO9. The summed E-state index contributed by atoms with van der Waals surface area (Å²) in [5.74, 6) is -2.73. The molecule has 0 rings (SSSR count). The molecule has 0 aromatic carbocycles. The molecule has 0 aliphatic rings. The number of carboxylic acid groups (broad SMARTS) is 3. The first kappa shape index (κ1) is 40.6. The Labute approximate surface area is 177 Å². The Morgan fingerprint density at radius 1 is 0.607 bits per heavy atom. The van der Waals surface area contributed by atoms with E-state index in [1.54, 1.807) is 6.92 Å². The third kappa shape index (κ3) is 127. The maximum atomic E-state index is 10.6. The molecule has 0 spiro atoms. The van der Waals surface area contributed by atoms with Crippen LogP contribution in [0.3, 0.4) is 0 Å². The maximum absolute atomic E-state index is 10.6. The van der Waals surface area contributed by atoms with Crippen molar-refractivity contribution in [1.82, 2.24) is 0 Å². The van der Waals surface area contributed by atoms with Gasteiger partial charge >= 0.3 is 17.4 Å². The van der Waals surface area contributed by atoms with Crippen molar-refractivity contribution in [1.29, 1.82) is 0 Å². The Balaban J connectivity index is -0.0000000556. The summed E-state index contributed by atoms with van der Waals surface area (Å²) in [4.78, 5) is 57.3. The predicted molar refractivity (Wildman–Crippen MR) is 98.5 cm³/mol. The first-order valence-electron chi connectivity index (χ1n) is 8.06. The van der Waals surface area contributed by atoms with E-state index in [9.17, 15) is 14.4 Å². The third-order valence-electron chi connectivity index (χ3n) is 2.06. The van der Waals surface area contributed by atoms with Gasteiger partial charge in [0.15, 0.2) is 0 Å². The molecule has 160 valence electrons. The summed E-state index contributed by atoms with van der Waals surface area (Å²) in [6.07, 6.45) is 2.07. The van der Waals surface area contributed by atoms with Gasteiger partial charge in [0.25, 0.3) is 0 Å². The van der Waals surface area contributed by atoms with E-state index in [-0.39, 0.29) is 35.3 Å². The van der Waals surface area contributed by atoms with Crippen molar-refractivity contribution >= 4 is 52.6 Å². The molecule has 0 aliphatic heterocycles. The van der Waals surface area contributed by atoms with Crippen LogP contribution in [0.15, 0.2) is 0 Å². The van der Waals surface area contributed by atoms with Gasteiger partial charge in [0, 0.05) is 23.8 Å². The SMILES string of the molecule is CC(=O)CC(C)=O.CC(=O)[O-].CC(=O)[O-].CC(=O)[O-].CCC(CC)C(C)=O.[Al+3]. The van der Waals surface area contributed by atoms with Gasteiger partial charge in [-0.25, -0.2) is 0 Å². The molecule has 0 aromatic rings. The summed E-state index contributed by atoms with van der Waals surface area (Å²) in [6.45, 7) is 11.5. The van der Waals surface area contributed by atoms with Gasteiger partial charge in [0.05, 0.1) is 6.42 Å². The molecule has 0 amide bonds.